The van der Waals surface area contributed by atoms with E-state index in [-0.39, 0.29) is 5.82 Å². The number of aryl methyl sites for hydroxylation is 1. The lowest BCUT2D eigenvalue weighted by molar-refractivity contribution is -0.104. The zero-order chi connectivity index (χ0) is 25.7. The smallest absolute Gasteiger partial charge is 0.181 e. The van der Waals surface area contributed by atoms with Crippen molar-refractivity contribution in [3.05, 3.63) is 89.9 Å². The van der Waals surface area contributed by atoms with Crippen LogP contribution in [0.3, 0.4) is 0 Å². The number of methoxy groups -OCH3 is 1. The number of aldehydes is 1. The molecule has 1 heterocycles. The number of hydrogen-bond donors (Lipinski definition) is 1. The molecule has 4 rings (SSSR count). The van der Waals surface area contributed by atoms with Crippen molar-refractivity contribution in [2.45, 2.75) is 11.8 Å². The lowest BCUT2D eigenvalue weighted by Gasteiger charge is -2.25. The maximum absolute atomic E-state index is 14.0. The van der Waals surface area contributed by atoms with Gasteiger partial charge in [0.2, 0.25) is 0 Å². The highest BCUT2D eigenvalue weighted by atomic mass is 32.2. The Bertz CT molecular complexity index is 1420. The molecule has 1 aromatic heterocycles. The summed E-state index contributed by atoms with van der Waals surface area (Å²) in [5.41, 5.74) is 4.57. The first kappa shape index (κ1) is 24.9. The van der Waals surface area contributed by atoms with Crippen LogP contribution in [0.15, 0.2) is 82.4 Å². The molecule has 0 radical (unpaired) electrons. The van der Waals surface area contributed by atoms with Crippen LogP contribution in [0.1, 0.15) is 11.1 Å². The number of anilines is 3. The number of nitrogens with zero attached hydrogens (tertiary/aromatic N) is 2. The number of benzene rings is 3. The van der Waals surface area contributed by atoms with E-state index in [9.17, 15) is 13.4 Å². The molecule has 0 aliphatic rings. The lowest BCUT2D eigenvalue weighted by atomic mass is 10.0. The predicted molar refractivity (Wildman–Crippen MR) is 139 cm³/mol. The zero-order valence-corrected chi connectivity index (χ0v) is 20.7. The van der Waals surface area contributed by atoms with E-state index in [2.05, 4.69) is 9.88 Å². The molecule has 184 valence electrons. The number of nitrogens with one attached hydrogen (secondary N) is 1. The molecule has 1 N–H and O–H groups in total. The Morgan fingerprint density at radius 1 is 1.06 bits per heavy atom. The second-order valence-electron chi connectivity index (χ2n) is 7.93. The van der Waals surface area contributed by atoms with E-state index in [1.807, 2.05) is 49.2 Å². The summed E-state index contributed by atoms with van der Waals surface area (Å²) in [6.45, 7) is 1.85. The number of rotatable bonds is 9. The van der Waals surface area contributed by atoms with Gasteiger partial charge in [-0.2, -0.15) is 0 Å². The first-order valence-electron chi connectivity index (χ1n) is 10.9. The van der Waals surface area contributed by atoms with Gasteiger partial charge in [-0.15, -0.1) is 0 Å². The van der Waals surface area contributed by atoms with Gasteiger partial charge >= 0.3 is 0 Å². The molecule has 0 fully saturated rings. The molecule has 0 amide bonds. The minimum absolute atomic E-state index is 0.299. The van der Waals surface area contributed by atoms with E-state index in [0.29, 0.717) is 28.3 Å². The van der Waals surface area contributed by atoms with Crippen molar-refractivity contribution >= 4 is 40.5 Å². The van der Waals surface area contributed by atoms with Gasteiger partial charge in [-0.1, -0.05) is 17.3 Å². The number of ether oxygens (including phenoxy) is 1. The summed E-state index contributed by atoms with van der Waals surface area (Å²) in [5.74, 6) is 0.632. The molecule has 36 heavy (non-hydrogen) atoms. The number of carbonyl (C=O) groups excluding carboxylic acids is 1. The Morgan fingerprint density at radius 3 is 2.56 bits per heavy atom. The van der Waals surface area contributed by atoms with Gasteiger partial charge in [-0.05, 0) is 83.8 Å². The number of carbonyl (C=O) groups is 1. The first-order valence-corrected chi connectivity index (χ1v) is 12.1. The van der Waals surface area contributed by atoms with E-state index in [1.165, 1.54) is 24.5 Å². The second-order valence-corrected chi connectivity index (χ2v) is 9.15. The van der Waals surface area contributed by atoms with Crippen molar-refractivity contribution in [3.63, 3.8) is 0 Å². The van der Waals surface area contributed by atoms with Gasteiger partial charge in [0, 0.05) is 18.8 Å². The largest absolute Gasteiger partial charge is 0.495 e. The zero-order valence-electron chi connectivity index (χ0n) is 19.9. The monoisotopic (exact) mass is 505 g/mol. The third-order valence-corrected chi connectivity index (χ3v) is 6.56. The number of aromatic nitrogens is 1. The summed E-state index contributed by atoms with van der Waals surface area (Å²) in [7, 11) is 1.84. The van der Waals surface area contributed by atoms with Gasteiger partial charge in [-0.3, -0.25) is 9.52 Å². The van der Waals surface area contributed by atoms with E-state index in [1.54, 1.807) is 31.4 Å². The SMILES string of the molecule is COc1cc(-c2cc(C)cc(F)c2)ccc1N(C)c1ccc(S(=O)Nc2ccon2)cc1/C=C\C=O. The molecular weight excluding hydrogens is 481 g/mol. The fourth-order valence-electron chi connectivity index (χ4n) is 3.82. The number of hydrogen-bond acceptors (Lipinski definition) is 6. The molecule has 7 nitrogen and oxygen atoms in total. The minimum atomic E-state index is -1.60. The third-order valence-electron chi connectivity index (χ3n) is 5.48. The van der Waals surface area contributed by atoms with Crippen LogP contribution in [0, 0.1) is 12.7 Å². The Balaban J connectivity index is 1.70. The quantitative estimate of drug-likeness (QED) is 0.225. The predicted octanol–water partition coefficient (Wildman–Crippen LogP) is 5.91. The average Bonchev–Trinajstić information content (AvgIpc) is 3.39. The molecule has 1 unspecified atom stereocenters. The highest BCUT2D eigenvalue weighted by molar-refractivity contribution is 7.86. The van der Waals surface area contributed by atoms with Gasteiger partial charge < -0.3 is 14.2 Å². The Morgan fingerprint density at radius 2 is 1.86 bits per heavy atom. The number of allylic oxidation sites excluding steroid dienone is 1. The van der Waals surface area contributed by atoms with Gasteiger partial charge in [0.25, 0.3) is 0 Å². The van der Waals surface area contributed by atoms with Gasteiger partial charge in [0.05, 0.1) is 17.7 Å². The maximum Gasteiger partial charge on any atom is 0.181 e. The van der Waals surface area contributed by atoms with Crippen molar-refractivity contribution in [2.75, 3.05) is 23.8 Å². The Hall–Kier alpha value is -4.24. The molecule has 0 bridgehead atoms. The van der Waals surface area contributed by atoms with Crippen LogP contribution >= 0.6 is 0 Å². The van der Waals surface area contributed by atoms with Crippen molar-refractivity contribution in [2.24, 2.45) is 0 Å². The topological polar surface area (TPSA) is 84.7 Å². The summed E-state index contributed by atoms with van der Waals surface area (Å²) >= 11 is 0. The molecule has 9 heteroatoms. The summed E-state index contributed by atoms with van der Waals surface area (Å²) in [4.78, 5) is 13.4. The lowest BCUT2D eigenvalue weighted by Crippen LogP contribution is -2.13. The number of halogens is 1. The van der Waals surface area contributed by atoms with E-state index < -0.39 is 11.0 Å². The van der Waals surface area contributed by atoms with Crippen molar-refractivity contribution in [3.8, 4) is 16.9 Å². The van der Waals surface area contributed by atoms with Crippen molar-refractivity contribution < 1.29 is 22.7 Å². The third kappa shape index (κ3) is 5.52. The molecule has 0 aliphatic heterocycles. The van der Waals surface area contributed by atoms with Crippen LogP contribution in [0.5, 0.6) is 5.75 Å². The van der Waals surface area contributed by atoms with Gasteiger partial charge in [0.1, 0.15) is 24.1 Å². The molecule has 4 aromatic rings. The standard InChI is InChI=1S/C27H24FN3O4S/c1-18-13-21(15-22(28)14-18)19-6-8-25(26(17-19)34-3)31(2)24-9-7-23(16-20(24)5-4-11-32)36(33)30-27-10-12-35-29-27/h4-17H,1-3H3,(H,29,30)/b5-4-. The molecule has 3 aromatic carbocycles. The van der Waals surface area contributed by atoms with Crippen LogP contribution < -0.4 is 14.4 Å². The summed E-state index contributed by atoms with van der Waals surface area (Å²) in [5, 5.41) is 3.71. The van der Waals surface area contributed by atoms with Crippen molar-refractivity contribution in [1.29, 1.82) is 0 Å². The fourth-order valence-corrected chi connectivity index (χ4v) is 4.65. The highest BCUT2D eigenvalue weighted by Crippen LogP contribution is 2.38. The maximum atomic E-state index is 14.0. The van der Waals surface area contributed by atoms with Crippen molar-refractivity contribution in [1.82, 2.24) is 5.16 Å². The van der Waals surface area contributed by atoms with Crippen LogP contribution in [0.25, 0.3) is 17.2 Å². The minimum Gasteiger partial charge on any atom is -0.495 e. The van der Waals surface area contributed by atoms with Gasteiger partial charge in [-0.25, -0.2) is 8.60 Å². The van der Waals surface area contributed by atoms with E-state index in [0.717, 1.165) is 28.1 Å². The molecule has 0 spiro atoms. The fraction of sp³-hybridized carbons (Fsp3) is 0.111. The summed E-state index contributed by atoms with van der Waals surface area (Å²) in [6.07, 6.45) is 5.07. The first-order chi connectivity index (χ1) is 17.4. The molecule has 1 atom stereocenters. The normalized spacial score (nSPS) is 11.9. The van der Waals surface area contributed by atoms with Crippen LogP contribution in [0.2, 0.25) is 0 Å². The molecule has 0 saturated carbocycles. The molecular formula is C27H24FN3O4S. The molecule has 0 aliphatic carbocycles. The van der Waals surface area contributed by atoms with Crippen LogP contribution in [0.4, 0.5) is 21.6 Å². The Labute approximate surface area is 210 Å². The summed E-state index contributed by atoms with van der Waals surface area (Å²) < 4.78 is 39.9. The van der Waals surface area contributed by atoms with E-state index >= 15 is 0 Å². The van der Waals surface area contributed by atoms with Crippen LogP contribution in [-0.2, 0) is 15.8 Å². The van der Waals surface area contributed by atoms with E-state index in [4.69, 9.17) is 9.26 Å². The second kappa shape index (κ2) is 11.0. The van der Waals surface area contributed by atoms with Crippen LogP contribution in [-0.4, -0.2) is 29.8 Å². The Kier molecular flexibility index (Phi) is 7.60. The highest BCUT2D eigenvalue weighted by Gasteiger charge is 2.16. The summed E-state index contributed by atoms with van der Waals surface area (Å²) in [6, 6.07) is 17.3. The van der Waals surface area contributed by atoms with Gasteiger partial charge in [0.15, 0.2) is 16.8 Å². The molecule has 0 saturated heterocycles. The average molecular weight is 506 g/mol.